The number of esters is 1. The second-order valence-electron chi connectivity index (χ2n) is 6.56. The SMILES string of the molecule is COC(=O)C(Cc1cccc2ccccc12)NC(=O)OCc1ccc([N+](=O)[O-])cc1. The van der Waals surface area contributed by atoms with Crippen LogP contribution in [-0.2, 0) is 27.3 Å². The van der Waals surface area contributed by atoms with Gasteiger partial charge in [0, 0.05) is 18.6 Å². The van der Waals surface area contributed by atoms with E-state index < -0.39 is 23.0 Å². The maximum Gasteiger partial charge on any atom is 0.408 e. The molecule has 3 aromatic carbocycles. The van der Waals surface area contributed by atoms with Crippen molar-refractivity contribution in [2.45, 2.75) is 19.1 Å². The van der Waals surface area contributed by atoms with Crippen LogP contribution in [0.5, 0.6) is 0 Å². The van der Waals surface area contributed by atoms with E-state index in [0.29, 0.717) is 5.56 Å². The minimum absolute atomic E-state index is 0.0518. The van der Waals surface area contributed by atoms with Gasteiger partial charge in [-0.15, -0.1) is 0 Å². The van der Waals surface area contributed by atoms with Crippen molar-refractivity contribution in [3.8, 4) is 0 Å². The highest BCUT2D eigenvalue weighted by Crippen LogP contribution is 2.20. The number of non-ortho nitro benzene ring substituents is 1. The molecule has 0 saturated carbocycles. The Morgan fingerprint density at radius 2 is 1.73 bits per heavy atom. The first-order chi connectivity index (χ1) is 14.5. The molecule has 1 atom stereocenters. The summed E-state index contributed by atoms with van der Waals surface area (Å²) in [6.07, 6.45) is -0.551. The number of amides is 1. The molecular formula is C22H20N2O6. The van der Waals surface area contributed by atoms with Gasteiger partial charge in [-0.05, 0) is 34.0 Å². The number of rotatable bonds is 7. The summed E-state index contributed by atoms with van der Waals surface area (Å²) in [6.45, 7) is -0.0913. The van der Waals surface area contributed by atoms with Gasteiger partial charge >= 0.3 is 12.1 Å². The van der Waals surface area contributed by atoms with E-state index in [1.807, 2.05) is 42.5 Å². The smallest absolute Gasteiger partial charge is 0.408 e. The van der Waals surface area contributed by atoms with Gasteiger partial charge in [0.15, 0.2) is 0 Å². The maximum absolute atomic E-state index is 12.2. The number of methoxy groups -OCH3 is 1. The summed E-state index contributed by atoms with van der Waals surface area (Å²) in [7, 11) is 1.25. The highest BCUT2D eigenvalue weighted by Gasteiger charge is 2.23. The van der Waals surface area contributed by atoms with Crippen LogP contribution in [-0.4, -0.2) is 30.1 Å². The molecule has 8 heteroatoms. The zero-order valence-electron chi connectivity index (χ0n) is 16.2. The number of nitro benzene ring substituents is 1. The molecule has 1 unspecified atom stereocenters. The summed E-state index contributed by atoms with van der Waals surface area (Å²) >= 11 is 0. The molecule has 0 heterocycles. The van der Waals surface area contributed by atoms with E-state index in [2.05, 4.69) is 5.32 Å². The number of carbonyl (C=O) groups is 2. The first-order valence-electron chi connectivity index (χ1n) is 9.19. The summed E-state index contributed by atoms with van der Waals surface area (Å²) in [6, 6.07) is 18.2. The number of hydrogen-bond donors (Lipinski definition) is 1. The largest absolute Gasteiger partial charge is 0.467 e. The molecule has 3 rings (SSSR count). The third-order valence-corrected chi connectivity index (χ3v) is 4.60. The van der Waals surface area contributed by atoms with Gasteiger partial charge in [0.2, 0.25) is 0 Å². The van der Waals surface area contributed by atoms with E-state index >= 15 is 0 Å². The summed E-state index contributed by atoms with van der Waals surface area (Å²) < 4.78 is 9.97. The number of nitro groups is 1. The Morgan fingerprint density at radius 1 is 1.03 bits per heavy atom. The van der Waals surface area contributed by atoms with Gasteiger partial charge in [-0.2, -0.15) is 0 Å². The van der Waals surface area contributed by atoms with Crippen molar-refractivity contribution in [2.24, 2.45) is 0 Å². The van der Waals surface area contributed by atoms with Crippen molar-refractivity contribution in [1.82, 2.24) is 5.32 Å². The molecule has 0 aliphatic rings. The monoisotopic (exact) mass is 408 g/mol. The van der Waals surface area contributed by atoms with E-state index in [1.165, 1.54) is 31.4 Å². The zero-order chi connectivity index (χ0) is 21.5. The van der Waals surface area contributed by atoms with E-state index in [1.54, 1.807) is 0 Å². The lowest BCUT2D eigenvalue weighted by Crippen LogP contribution is -2.43. The summed E-state index contributed by atoms with van der Waals surface area (Å²) in [5, 5.41) is 15.2. The van der Waals surface area contributed by atoms with Crippen molar-refractivity contribution < 1.29 is 24.0 Å². The van der Waals surface area contributed by atoms with Crippen LogP contribution < -0.4 is 5.32 Å². The zero-order valence-corrected chi connectivity index (χ0v) is 16.2. The second kappa shape index (κ2) is 9.51. The lowest BCUT2D eigenvalue weighted by atomic mass is 9.99. The fourth-order valence-electron chi connectivity index (χ4n) is 3.07. The number of nitrogens with zero attached hydrogens (tertiary/aromatic N) is 1. The first kappa shape index (κ1) is 20.8. The van der Waals surface area contributed by atoms with Crippen molar-refractivity contribution in [3.63, 3.8) is 0 Å². The number of hydrogen-bond acceptors (Lipinski definition) is 6. The Bertz CT molecular complexity index is 1060. The molecule has 1 amide bonds. The van der Waals surface area contributed by atoms with Crippen molar-refractivity contribution in [2.75, 3.05) is 7.11 Å². The summed E-state index contributed by atoms with van der Waals surface area (Å²) in [4.78, 5) is 34.6. The fourth-order valence-corrected chi connectivity index (χ4v) is 3.07. The Hall–Kier alpha value is -3.94. The Balaban J connectivity index is 1.66. The first-order valence-corrected chi connectivity index (χ1v) is 9.19. The molecule has 0 radical (unpaired) electrons. The summed E-state index contributed by atoms with van der Waals surface area (Å²) in [5.74, 6) is -0.588. The number of benzene rings is 3. The molecule has 30 heavy (non-hydrogen) atoms. The third-order valence-electron chi connectivity index (χ3n) is 4.60. The molecular weight excluding hydrogens is 388 g/mol. The van der Waals surface area contributed by atoms with Crippen LogP contribution in [0.1, 0.15) is 11.1 Å². The molecule has 1 N–H and O–H groups in total. The normalized spacial score (nSPS) is 11.5. The average Bonchev–Trinajstić information content (AvgIpc) is 2.77. The lowest BCUT2D eigenvalue weighted by Gasteiger charge is -2.17. The molecule has 8 nitrogen and oxygen atoms in total. The molecule has 0 saturated heterocycles. The van der Waals surface area contributed by atoms with Gasteiger partial charge in [0.1, 0.15) is 12.6 Å². The average molecular weight is 408 g/mol. The van der Waals surface area contributed by atoms with Crippen molar-refractivity contribution in [1.29, 1.82) is 0 Å². The van der Waals surface area contributed by atoms with E-state index in [9.17, 15) is 19.7 Å². The Kier molecular flexibility index (Phi) is 6.59. The van der Waals surface area contributed by atoms with Crippen LogP contribution in [0.25, 0.3) is 10.8 Å². The van der Waals surface area contributed by atoms with Gasteiger partial charge in [-0.25, -0.2) is 9.59 Å². The standard InChI is InChI=1S/C22H20N2O6/c1-29-21(25)20(13-17-7-4-6-16-5-2-3-8-19(16)17)23-22(26)30-14-15-9-11-18(12-10-15)24(27)28/h2-12,20H,13-14H2,1H3,(H,23,26). The van der Waals surface area contributed by atoms with Gasteiger partial charge in [0.25, 0.3) is 5.69 Å². The fraction of sp³-hybridized carbons (Fsp3) is 0.182. The Morgan fingerprint density at radius 3 is 2.43 bits per heavy atom. The highest BCUT2D eigenvalue weighted by molar-refractivity contribution is 5.87. The number of nitrogens with one attached hydrogen (secondary N) is 1. The topological polar surface area (TPSA) is 108 Å². The minimum Gasteiger partial charge on any atom is -0.467 e. The molecule has 0 aliphatic carbocycles. The minimum atomic E-state index is -0.926. The number of fused-ring (bicyclic) bond motifs is 1. The third kappa shape index (κ3) is 5.11. The number of ether oxygens (including phenoxy) is 2. The number of alkyl carbamates (subject to hydrolysis) is 1. The lowest BCUT2D eigenvalue weighted by molar-refractivity contribution is -0.384. The molecule has 154 valence electrons. The van der Waals surface area contributed by atoms with Crippen molar-refractivity contribution >= 4 is 28.5 Å². The molecule has 0 spiro atoms. The van der Waals surface area contributed by atoms with Crippen LogP contribution >= 0.6 is 0 Å². The Labute approximate surface area is 172 Å². The number of carbonyl (C=O) groups excluding carboxylic acids is 2. The van der Waals surface area contributed by atoms with Crippen molar-refractivity contribution in [3.05, 3.63) is 88.0 Å². The van der Waals surface area contributed by atoms with Crippen LogP contribution in [0.2, 0.25) is 0 Å². The van der Waals surface area contributed by atoms with E-state index in [0.717, 1.165) is 16.3 Å². The maximum atomic E-state index is 12.2. The predicted molar refractivity (Wildman–Crippen MR) is 110 cm³/mol. The van der Waals surface area contributed by atoms with Crippen LogP contribution in [0.15, 0.2) is 66.7 Å². The molecule has 3 aromatic rings. The molecule has 0 aromatic heterocycles. The second-order valence-corrected chi connectivity index (χ2v) is 6.56. The van der Waals surface area contributed by atoms with Crippen LogP contribution in [0, 0.1) is 10.1 Å². The van der Waals surface area contributed by atoms with Crippen LogP contribution in [0.4, 0.5) is 10.5 Å². The van der Waals surface area contributed by atoms with E-state index in [-0.39, 0.29) is 18.7 Å². The van der Waals surface area contributed by atoms with Gasteiger partial charge in [0.05, 0.1) is 12.0 Å². The van der Waals surface area contributed by atoms with Gasteiger partial charge in [-0.1, -0.05) is 42.5 Å². The molecule has 0 fully saturated rings. The molecule has 0 aliphatic heterocycles. The quantitative estimate of drug-likeness (QED) is 0.362. The predicted octanol–water partition coefficient (Wildman–Crippen LogP) is 3.76. The highest BCUT2D eigenvalue weighted by atomic mass is 16.6. The van der Waals surface area contributed by atoms with Gasteiger partial charge < -0.3 is 14.8 Å². The van der Waals surface area contributed by atoms with Gasteiger partial charge in [-0.3, -0.25) is 10.1 Å². The van der Waals surface area contributed by atoms with E-state index in [4.69, 9.17) is 9.47 Å². The molecule has 0 bridgehead atoms. The van der Waals surface area contributed by atoms with Crippen LogP contribution in [0.3, 0.4) is 0 Å². The summed E-state index contributed by atoms with van der Waals surface area (Å²) in [5.41, 5.74) is 1.42.